The number of nitrogens with one attached hydrogen (secondary N) is 3. The number of amides is 2. The van der Waals surface area contributed by atoms with E-state index in [1.54, 1.807) is 24.3 Å². The lowest BCUT2D eigenvalue weighted by Gasteiger charge is -2.23. The largest absolute Gasteiger partial charge is 0.382 e. The van der Waals surface area contributed by atoms with Gasteiger partial charge in [-0.2, -0.15) is 0 Å². The molecular formula is C24H24F2N6O2. The molecule has 10 heteroatoms. The van der Waals surface area contributed by atoms with Crippen LogP contribution in [0, 0.1) is 11.6 Å². The van der Waals surface area contributed by atoms with Crippen LogP contribution in [0.2, 0.25) is 0 Å². The Labute approximate surface area is 195 Å². The zero-order chi connectivity index (χ0) is 24.1. The lowest BCUT2D eigenvalue weighted by molar-refractivity contribution is 0.0923. The maximum Gasteiger partial charge on any atom is 0.274 e. The number of carbonyl (C=O) groups is 2. The minimum absolute atomic E-state index is 0.0101. The van der Waals surface area contributed by atoms with Crippen molar-refractivity contribution in [2.45, 2.75) is 25.4 Å². The van der Waals surface area contributed by atoms with Gasteiger partial charge in [-0.3, -0.25) is 9.59 Å². The minimum atomic E-state index is -0.735. The molecule has 3 aromatic rings. The van der Waals surface area contributed by atoms with E-state index in [0.717, 1.165) is 31.5 Å². The molecule has 1 fully saturated rings. The third-order valence-electron chi connectivity index (χ3n) is 5.52. The second kappa shape index (κ2) is 10.3. The number of halogens is 2. The molecule has 4 rings (SSSR count). The van der Waals surface area contributed by atoms with Gasteiger partial charge < -0.3 is 21.7 Å². The molecular weight excluding hydrogens is 442 g/mol. The van der Waals surface area contributed by atoms with E-state index in [1.165, 1.54) is 12.3 Å². The van der Waals surface area contributed by atoms with Crippen LogP contribution in [-0.2, 0) is 6.54 Å². The number of anilines is 1. The van der Waals surface area contributed by atoms with Crippen molar-refractivity contribution in [1.82, 2.24) is 25.9 Å². The predicted octanol–water partition coefficient (Wildman–Crippen LogP) is 2.42. The molecule has 1 aliphatic heterocycles. The summed E-state index contributed by atoms with van der Waals surface area (Å²) in [7, 11) is 0. The predicted molar refractivity (Wildman–Crippen MR) is 123 cm³/mol. The van der Waals surface area contributed by atoms with Gasteiger partial charge in [-0.1, -0.05) is 18.2 Å². The number of carbonyl (C=O) groups excluding carboxylic acids is 2. The standard InChI is InChI=1S/C24H24F2N6O2/c25-17-7-6-16(19(26)10-17)11-30-23(33)15-4-1-3-14(9-15)20-13-29-22(27)21(32-20)24(34)31-18-5-2-8-28-12-18/h1,3-4,6-7,9-10,13,18,28H,2,5,8,11-12H2,(H2,27,29)(H,30,33)(H,31,34)/t18-/m0/s1. The molecule has 0 bridgehead atoms. The van der Waals surface area contributed by atoms with Gasteiger partial charge in [0.1, 0.15) is 11.6 Å². The summed E-state index contributed by atoms with van der Waals surface area (Å²) >= 11 is 0. The van der Waals surface area contributed by atoms with Gasteiger partial charge in [0.2, 0.25) is 0 Å². The summed E-state index contributed by atoms with van der Waals surface area (Å²) in [4.78, 5) is 33.8. The van der Waals surface area contributed by atoms with Crippen molar-refractivity contribution < 1.29 is 18.4 Å². The molecule has 2 amide bonds. The summed E-state index contributed by atoms with van der Waals surface area (Å²) in [5.41, 5.74) is 7.32. The van der Waals surface area contributed by atoms with Crippen molar-refractivity contribution in [3.63, 3.8) is 0 Å². The molecule has 1 atom stereocenters. The van der Waals surface area contributed by atoms with Gasteiger partial charge in [0.05, 0.1) is 11.9 Å². The fourth-order valence-corrected chi connectivity index (χ4v) is 3.70. The Morgan fingerprint density at radius 3 is 2.76 bits per heavy atom. The Balaban J connectivity index is 1.48. The summed E-state index contributed by atoms with van der Waals surface area (Å²) in [6.07, 6.45) is 3.26. The van der Waals surface area contributed by atoms with Crippen molar-refractivity contribution in [2.24, 2.45) is 0 Å². The maximum absolute atomic E-state index is 13.8. The minimum Gasteiger partial charge on any atom is -0.382 e. The molecule has 0 saturated carbocycles. The lowest BCUT2D eigenvalue weighted by atomic mass is 10.1. The molecule has 0 radical (unpaired) electrons. The van der Waals surface area contributed by atoms with Gasteiger partial charge in [-0.15, -0.1) is 0 Å². The number of hydrogen-bond acceptors (Lipinski definition) is 6. The third kappa shape index (κ3) is 5.52. The van der Waals surface area contributed by atoms with Crippen LogP contribution in [-0.4, -0.2) is 40.9 Å². The molecule has 0 aliphatic carbocycles. The van der Waals surface area contributed by atoms with Gasteiger partial charge in [0, 0.05) is 41.9 Å². The number of hydrogen-bond donors (Lipinski definition) is 4. The maximum atomic E-state index is 13.8. The molecule has 0 spiro atoms. The van der Waals surface area contributed by atoms with Crippen molar-refractivity contribution in [1.29, 1.82) is 0 Å². The molecule has 34 heavy (non-hydrogen) atoms. The highest BCUT2D eigenvalue weighted by Crippen LogP contribution is 2.20. The van der Waals surface area contributed by atoms with Crippen molar-refractivity contribution >= 4 is 17.6 Å². The number of benzene rings is 2. The monoisotopic (exact) mass is 466 g/mol. The zero-order valence-electron chi connectivity index (χ0n) is 18.3. The molecule has 2 aromatic carbocycles. The highest BCUT2D eigenvalue weighted by Gasteiger charge is 2.20. The molecule has 1 saturated heterocycles. The van der Waals surface area contributed by atoms with Gasteiger partial charge >= 0.3 is 0 Å². The molecule has 2 heterocycles. The van der Waals surface area contributed by atoms with Crippen LogP contribution in [0.4, 0.5) is 14.6 Å². The van der Waals surface area contributed by atoms with Gasteiger partial charge in [-0.25, -0.2) is 18.7 Å². The SMILES string of the molecule is Nc1ncc(-c2cccc(C(=O)NCc3ccc(F)cc3F)c2)nc1C(=O)N[C@H]1CCCNC1. The smallest absolute Gasteiger partial charge is 0.274 e. The number of nitrogen functional groups attached to an aromatic ring is 1. The topological polar surface area (TPSA) is 122 Å². The van der Waals surface area contributed by atoms with E-state index in [-0.39, 0.29) is 29.7 Å². The van der Waals surface area contributed by atoms with Crippen LogP contribution in [0.25, 0.3) is 11.3 Å². The number of aromatic nitrogens is 2. The molecule has 8 nitrogen and oxygen atoms in total. The summed E-state index contributed by atoms with van der Waals surface area (Å²) in [5.74, 6) is -2.26. The summed E-state index contributed by atoms with van der Waals surface area (Å²) in [6.45, 7) is 1.50. The number of nitrogens with two attached hydrogens (primary N) is 1. The molecule has 0 unspecified atom stereocenters. The van der Waals surface area contributed by atoms with Crippen LogP contribution < -0.4 is 21.7 Å². The van der Waals surface area contributed by atoms with Crippen molar-refractivity contribution in [3.8, 4) is 11.3 Å². The number of nitrogens with zero attached hydrogens (tertiary/aromatic N) is 2. The van der Waals surface area contributed by atoms with Gasteiger partial charge in [0.25, 0.3) is 11.8 Å². The van der Waals surface area contributed by atoms with E-state index in [2.05, 4.69) is 25.9 Å². The first-order valence-corrected chi connectivity index (χ1v) is 10.9. The Morgan fingerprint density at radius 1 is 1.15 bits per heavy atom. The summed E-state index contributed by atoms with van der Waals surface area (Å²) in [6, 6.07) is 9.73. The average molecular weight is 466 g/mol. The Hall–Kier alpha value is -3.92. The number of piperidine rings is 1. The van der Waals surface area contributed by atoms with Gasteiger partial charge in [0.15, 0.2) is 11.5 Å². The highest BCUT2D eigenvalue weighted by atomic mass is 19.1. The summed E-state index contributed by atoms with van der Waals surface area (Å²) in [5, 5.41) is 8.76. The van der Waals surface area contributed by atoms with Gasteiger partial charge in [-0.05, 0) is 37.6 Å². The normalized spacial score (nSPS) is 15.5. The third-order valence-corrected chi connectivity index (χ3v) is 5.52. The second-order valence-corrected chi connectivity index (χ2v) is 8.01. The fraction of sp³-hybridized carbons (Fsp3) is 0.250. The average Bonchev–Trinajstić information content (AvgIpc) is 2.84. The van der Waals surface area contributed by atoms with E-state index < -0.39 is 23.4 Å². The van der Waals surface area contributed by atoms with Crippen LogP contribution in [0.3, 0.4) is 0 Å². The summed E-state index contributed by atoms with van der Waals surface area (Å²) < 4.78 is 26.9. The van der Waals surface area contributed by atoms with E-state index in [1.807, 2.05) is 0 Å². The molecule has 5 N–H and O–H groups in total. The Morgan fingerprint density at radius 2 is 2.00 bits per heavy atom. The fourth-order valence-electron chi connectivity index (χ4n) is 3.70. The molecule has 176 valence electrons. The van der Waals surface area contributed by atoms with E-state index in [9.17, 15) is 18.4 Å². The second-order valence-electron chi connectivity index (χ2n) is 8.01. The highest BCUT2D eigenvalue weighted by molar-refractivity contribution is 5.97. The first kappa shape index (κ1) is 23.2. The van der Waals surface area contributed by atoms with Crippen LogP contribution in [0.5, 0.6) is 0 Å². The first-order chi connectivity index (χ1) is 16.4. The van der Waals surface area contributed by atoms with Crippen LogP contribution >= 0.6 is 0 Å². The van der Waals surface area contributed by atoms with Crippen molar-refractivity contribution in [2.75, 3.05) is 18.8 Å². The molecule has 1 aromatic heterocycles. The van der Waals surface area contributed by atoms with Crippen molar-refractivity contribution in [3.05, 3.63) is 77.1 Å². The van der Waals surface area contributed by atoms with Crippen LogP contribution in [0.15, 0.2) is 48.7 Å². The van der Waals surface area contributed by atoms with Crippen LogP contribution in [0.1, 0.15) is 39.3 Å². The van der Waals surface area contributed by atoms with E-state index >= 15 is 0 Å². The van der Waals surface area contributed by atoms with E-state index in [4.69, 9.17) is 5.73 Å². The Kier molecular flexibility index (Phi) is 7.07. The zero-order valence-corrected chi connectivity index (χ0v) is 18.3. The number of rotatable bonds is 6. The first-order valence-electron chi connectivity index (χ1n) is 10.9. The van der Waals surface area contributed by atoms with E-state index in [0.29, 0.717) is 23.4 Å². The lowest BCUT2D eigenvalue weighted by Crippen LogP contribution is -2.46. The Bertz CT molecular complexity index is 1210. The molecule has 1 aliphatic rings. The quantitative estimate of drug-likeness (QED) is 0.443.